The van der Waals surface area contributed by atoms with Crippen molar-refractivity contribution in [2.24, 2.45) is 0 Å². The second-order valence-electron chi connectivity index (χ2n) is 2.87. The molecule has 0 spiro atoms. The zero-order valence-corrected chi connectivity index (χ0v) is 9.05. The summed E-state index contributed by atoms with van der Waals surface area (Å²) in [6.07, 6.45) is 1.76. The van der Waals surface area contributed by atoms with E-state index in [0.717, 1.165) is 15.9 Å². The molecular weight excluding hydrogens is 218 g/mol. The molecule has 0 aliphatic heterocycles. The number of methoxy groups -OCH3 is 1. The third kappa shape index (κ3) is 1.78. The Morgan fingerprint density at radius 3 is 2.67 bits per heavy atom. The van der Waals surface area contributed by atoms with Crippen LogP contribution in [0.25, 0.3) is 0 Å². The molecule has 0 bridgehead atoms. The number of rotatable bonds is 2. The first-order valence-corrected chi connectivity index (χ1v) is 4.64. The summed E-state index contributed by atoms with van der Waals surface area (Å²) in [5, 5.41) is 0. The fourth-order valence-corrected chi connectivity index (χ4v) is 1.86. The Bertz CT molecular complexity index is 273. The summed E-state index contributed by atoms with van der Waals surface area (Å²) in [6, 6.07) is 1.84. The third-order valence-electron chi connectivity index (χ3n) is 1.65. The van der Waals surface area contributed by atoms with Crippen LogP contribution >= 0.6 is 15.9 Å². The Labute approximate surface area is 81.1 Å². The van der Waals surface area contributed by atoms with Gasteiger partial charge in [-0.25, -0.2) is 0 Å². The molecule has 0 saturated heterocycles. The van der Waals surface area contributed by atoms with Crippen LogP contribution in [0.3, 0.4) is 0 Å². The predicted molar refractivity (Wildman–Crippen MR) is 52.6 cm³/mol. The summed E-state index contributed by atoms with van der Waals surface area (Å²) in [5.41, 5.74) is 1.04. The highest BCUT2D eigenvalue weighted by atomic mass is 79.9. The van der Waals surface area contributed by atoms with E-state index in [2.05, 4.69) is 34.8 Å². The van der Waals surface area contributed by atoms with Gasteiger partial charge >= 0.3 is 0 Å². The normalized spacial score (nSPS) is 10.4. The maximum Gasteiger partial charge on any atom is 0.136 e. The van der Waals surface area contributed by atoms with Gasteiger partial charge in [0.1, 0.15) is 5.75 Å². The third-order valence-corrected chi connectivity index (χ3v) is 2.44. The number of hydrogen-bond donors (Lipinski definition) is 0. The SMILES string of the molecule is COc1ccnc(C(C)C)c1Br. The van der Waals surface area contributed by atoms with E-state index in [1.165, 1.54) is 0 Å². The summed E-state index contributed by atoms with van der Waals surface area (Å²) in [7, 11) is 1.66. The van der Waals surface area contributed by atoms with Crippen LogP contribution in [0.5, 0.6) is 5.75 Å². The van der Waals surface area contributed by atoms with Crippen LogP contribution < -0.4 is 4.74 Å². The maximum atomic E-state index is 5.15. The van der Waals surface area contributed by atoms with Crippen molar-refractivity contribution < 1.29 is 4.74 Å². The first-order valence-electron chi connectivity index (χ1n) is 3.85. The first kappa shape index (κ1) is 9.52. The van der Waals surface area contributed by atoms with Gasteiger partial charge in [0.05, 0.1) is 17.3 Å². The Kier molecular flexibility index (Phi) is 3.09. The minimum absolute atomic E-state index is 0.412. The molecule has 0 amide bonds. The fraction of sp³-hybridized carbons (Fsp3) is 0.444. The molecule has 3 heteroatoms. The summed E-state index contributed by atoms with van der Waals surface area (Å²) >= 11 is 3.45. The van der Waals surface area contributed by atoms with Gasteiger partial charge in [0.25, 0.3) is 0 Å². The number of hydrogen-bond acceptors (Lipinski definition) is 2. The van der Waals surface area contributed by atoms with Crippen molar-refractivity contribution in [1.29, 1.82) is 0 Å². The summed E-state index contributed by atoms with van der Waals surface area (Å²) in [4.78, 5) is 4.26. The van der Waals surface area contributed by atoms with E-state index < -0.39 is 0 Å². The van der Waals surface area contributed by atoms with Crippen LogP contribution in [-0.2, 0) is 0 Å². The van der Waals surface area contributed by atoms with E-state index in [1.807, 2.05) is 6.07 Å². The molecule has 0 aromatic carbocycles. The Hall–Kier alpha value is -0.570. The molecule has 0 N–H and O–H groups in total. The molecule has 0 fully saturated rings. The van der Waals surface area contributed by atoms with E-state index in [9.17, 15) is 0 Å². The molecule has 1 aromatic heterocycles. The Morgan fingerprint density at radius 2 is 2.17 bits per heavy atom. The van der Waals surface area contributed by atoms with Crippen LogP contribution in [0, 0.1) is 0 Å². The van der Waals surface area contributed by atoms with Gasteiger partial charge < -0.3 is 4.74 Å². The zero-order valence-electron chi connectivity index (χ0n) is 7.47. The van der Waals surface area contributed by atoms with Crippen molar-refractivity contribution in [2.75, 3.05) is 7.11 Å². The van der Waals surface area contributed by atoms with E-state index in [1.54, 1.807) is 13.3 Å². The molecule has 0 unspecified atom stereocenters. The van der Waals surface area contributed by atoms with E-state index in [0.29, 0.717) is 5.92 Å². The molecule has 1 heterocycles. The number of aromatic nitrogens is 1. The van der Waals surface area contributed by atoms with Gasteiger partial charge in [-0.3, -0.25) is 4.98 Å². The first-order chi connectivity index (χ1) is 5.66. The lowest BCUT2D eigenvalue weighted by molar-refractivity contribution is 0.410. The minimum atomic E-state index is 0.412. The lowest BCUT2D eigenvalue weighted by Crippen LogP contribution is -1.96. The van der Waals surface area contributed by atoms with Crippen LogP contribution in [0.2, 0.25) is 0 Å². The van der Waals surface area contributed by atoms with Gasteiger partial charge in [0, 0.05) is 6.20 Å². The van der Waals surface area contributed by atoms with Crippen molar-refractivity contribution in [3.05, 3.63) is 22.4 Å². The largest absolute Gasteiger partial charge is 0.495 e. The van der Waals surface area contributed by atoms with Crippen molar-refractivity contribution in [1.82, 2.24) is 4.98 Å². The topological polar surface area (TPSA) is 22.1 Å². The molecule has 1 aromatic rings. The van der Waals surface area contributed by atoms with E-state index in [4.69, 9.17) is 4.74 Å². The van der Waals surface area contributed by atoms with Gasteiger partial charge in [-0.05, 0) is 27.9 Å². The highest BCUT2D eigenvalue weighted by Crippen LogP contribution is 2.30. The molecule has 0 aliphatic rings. The molecule has 1 rings (SSSR count). The number of pyridine rings is 1. The summed E-state index contributed by atoms with van der Waals surface area (Å²) < 4.78 is 6.11. The standard InChI is InChI=1S/C9H12BrNO/c1-6(2)9-8(10)7(12-3)4-5-11-9/h4-6H,1-3H3. The smallest absolute Gasteiger partial charge is 0.136 e. The molecule has 0 radical (unpaired) electrons. The molecule has 2 nitrogen and oxygen atoms in total. The van der Waals surface area contributed by atoms with Crippen LogP contribution in [0.1, 0.15) is 25.5 Å². The van der Waals surface area contributed by atoms with Gasteiger partial charge in [0.2, 0.25) is 0 Å². The van der Waals surface area contributed by atoms with Crippen LogP contribution in [0.15, 0.2) is 16.7 Å². The number of nitrogens with zero attached hydrogens (tertiary/aromatic N) is 1. The number of ether oxygens (including phenoxy) is 1. The average molecular weight is 230 g/mol. The summed E-state index contributed by atoms with van der Waals surface area (Å²) in [5.74, 6) is 1.25. The molecular formula is C9H12BrNO. The molecule has 0 atom stereocenters. The Morgan fingerprint density at radius 1 is 1.50 bits per heavy atom. The highest BCUT2D eigenvalue weighted by molar-refractivity contribution is 9.10. The zero-order chi connectivity index (χ0) is 9.14. The average Bonchev–Trinajstić information content (AvgIpc) is 2.04. The monoisotopic (exact) mass is 229 g/mol. The van der Waals surface area contributed by atoms with E-state index >= 15 is 0 Å². The molecule has 12 heavy (non-hydrogen) atoms. The quantitative estimate of drug-likeness (QED) is 0.779. The van der Waals surface area contributed by atoms with Crippen molar-refractivity contribution in [2.45, 2.75) is 19.8 Å². The summed E-state index contributed by atoms with van der Waals surface area (Å²) in [6.45, 7) is 4.21. The molecule has 66 valence electrons. The van der Waals surface area contributed by atoms with Crippen molar-refractivity contribution in [3.8, 4) is 5.75 Å². The lowest BCUT2D eigenvalue weighted by atomic mass is 10.1. The highest BCUT2D eigenvalue weighted by Gasteiger charge is 2.09. The van der Waals surface area contributed by atoms with E-state index in [-0.39, 0.29) is 0 Å². The number of halogens is 1. The second kappa shape index (κ2) is 3.90. The second-order valence-corrected chi connectivity index (χ2v) is 3.66. The lowest BCUT2D eigenvalue weighted by Gasteiger charge is -2.09. The predicted octanol–water partition coefficient (Wildman–Crippen LogP) is 2.98. The minimum Gasteiger partial charge on any atom is -0.495 e. The molecule has 0 saturated carbocycles. The Balaban J connectivity index is 3.14. The van der Waals surface area contributed by atoms with Crippen LogP contribution in [-0.4, -0.2) is 12.1 Å². The van der Waals surface area contributed by atoms with Gasteiger partial charge in [0.15, 0.2) is 0 Å². The van der Waals surface area contributed by atoms with Crippen molar-refractivity contribution in [3.63, 3.8) is 0 Å². The van der Waals surface area contributed by atoms with Crippen LogP contribution in [0.4, 0.5) is 0 Å². The van der Waals surface area contributed by atoms with Crippen molar-refractivity contribution >= 4 is 15.9 Å². The van der Waals surface area contributed by atoms with Gasteiger partial charge in [-0.2, -0.15) is 0 Å². The van der Waals surface area contributed by atoms with Gasteiger partial charge in [-0.1, -0.05) is 13.8 Å². The van der Waals surface area contributed by atoms with Gasteiger partial charge in [-0.15, -0.1) is 0 Å². The maximum absolute atomic E-state index is 5.15. The molecule has 0 aliphatic carbocycles. The fourth-order valence-electron chi connectivity index (χ4n) is 1.00.